The number of hydrogen-bond acceptors (Lipinski definition) is 4. The van der Waals surface area contributed by atoms with Crippen LogP contribution in [0.2, 0.25) is 0 Å². The molecular formula is C14H25BN2O2. The Bertz CT molecular complexity index is 351. The molecule has 0 saturated heterocycles. The summed E-state index contributed by atoms with van der Waals surface area (Å²) in [7, 11) is 7.83. The number of rotatable bonds is 0. The van der Waals surface area contributed by atoms with E-state index in [9.17, 15) is 0 Å². The van der Waals surface area contributed by atoms with Gasteiger partial charge in [0, 0.05) is 19.3 Å². The van der Waals surface area contributed by atoms with E-state index in [1.807, 2.05) is 14.0 Å². The van der Waals surface area contributed by atoms with Gasteiger partial charge >= 0.3 is 0 Å². The van der Waals surface area contributed by atoms with Crippen molar-refractivity contribution < 1.29 is 9.84 Å². The smallest absolute Gasteiger partial charge is 0.205 e. The number of likely N-dealkylation sites (N-methyl/N-ethyl adjacent to an activating group) is 1. The number of nitrogens with zero attached hydrogens (tertiary/aromatic N) is 2. The number of ether oxygens (including phenoxy) is 1. The quantitative estimate of drug-likeness (QED) is 0.677. The molecule has 0 spiro atoms. The van der Waals surface area contributed by atoms with Gasteiger partial charge in [-0.2, -0.15) is 0 Å². The summed E-state index contributed by atoms with van der Waals surface area (Å²) in [5.74, 6) is 0.413. The van der Waals surface area contributed by atoms with E-state index < -0.39 is 5.60 Å². The van der Waals surface area contributed by atoms with Crippen molar-refractivity contribution in [1.82, 2.24) is 4.90 Å². The first-order chi connectivity index (χ1) is 8.59. The SMILES string of the molecule is CC(C)(C)O.[B]C1=C(\C)CN(C)CCOC(=C)/N=C\1. The molecule has 0 aromatic rings. The minimum absolute atomic E-state index is 0.413. The fourth-order valence-electron chi connectivity index (χ4n) is 1.18. The van der Waals surface area contributed by atoms with Gasteiger partial charge in [0.05, 0.1) is 5.60 Å². The van der Waals surface area contributed by atoms with Crippen LogP contribution >= 0.6 is 0 Å². The Labute approximate surface area is 118 Å². The predicted molar refractivity (Wildman–Crippen MR) is 81.5 cm³/mol. The highest BCUT2D eigenvalue weighted by Crippen LogP contribution is 2.05. The van der Waals surface area contributed by atoms with Crippen molar-refractivity contribution in [1.29, 1.82) is 0 Å². The summed E-state index contributed by atoms with van der Waals surface area (Å²) >= 11 is 0. The second-order valence-electron chi connectivity index (χ2n) is 5.64. The predicted octanol–water partition coefficient (Wildman–Crippen LogP) is 1.71. The Hall–Kier alpha value is -1.07. The molecule has 0 atom stereocenters. The fourth-order valence-corrected chi connectivity index (χ4v) is 1.18. The van der Waals surface area contributed by atoms with Crippen LogP contribution in [0.5, 0.6) is 0 Å². The summed E-state index contributed by atoms with van der Waals surface area (Å²) in [5, 5.41) is 8.52. The van der Waals surface area contributed by atoms with Gasteiger partial charge in [-0.1, -0.05) is 11.0 Å². The molecule has 1 aliphatic heterocycles. The average molecular weight is 264 g/mol. The monoisotopic (exact) mass is 264 g/mol. The minimum Gasteiger partial charge on any atom is -0.477 e. The molecule has 2 radical (unpaired) electrons. The molecule has 0 unspecified atom stereocenters. The topological polar surface area (TPSA) is 45.1 Å². The van der Waals surface area contributed by atoms with Gasteiger partial charge in [-0.15, -0.1) is 0 Å². The molecule has 1 aliphatic rings. The number of allylic oxidation sites excluding steroid dienone is 1. The molecule has 0 bridgehead atoms. The molecule has 1 N–H and O–H groups in total. The van der Waals surface area contributed by atoms with Crippen LogP contribution in [-0.2, 0) is 4.74 Å². The molecule has 1 heterocycles. The first kappa shape index (κ1) is 17.9. The minimum atomic E-state index is -0.500. The zero-order valence-corrected chi connectivity index (χ0v) is 12.7. The van der Waals surface area contributed by atoms with Crippen molar-refractivity contribution >= 4 is 14.1 Å². The van der Waals surface area contributed by atoms with E-state index in [1.165, 1.54) is 0 Å². The summed E-state index contributed by atoms with van der Waals surface area (Å²) in [5.41, 5.74) is 1.30. The molecule has 106 valence electrons. The van der Waals surface area contributed by atoms with Gasteiger partial charge in [0.1, 0.15) is 14.5 Å². The zero-order valence-electron chi connectivity index (χ0n) is 12.7. The van der Waals surface area contributed by atoms with E-state index in [0.717, 1.165) is 18.7 Å². The van der Waals surface area contributed by atoms with Crippen LogP contribution in [0.4, 0.5) is 0 Å². The fraction of sp³-hybridized carbons (Fsp3) is 0.643. The third kappa shape index (κ3) is 11.7. The van der Waals surface area contributed by atoms with E-state index in [4.69, 9.17) is 17.7 Å². The van der Waals surface area contributed by atoms with E-state index in [1.54, 1.807) is 27.0 Å². The standard InChI is InChI=1S/C10H15BN2O.C4H10O/c1-8-7-13(3)4-5-14-9(2)12-6-10(8)11;1-4(2,3)5/h6H,2,4-5,7H2,1,3H3;5H,1-3H3/b10-8+,12-6-;. The van der Waals surface area contributed by atoms with Crippen molar-refractivity contribution in [3.63, 3.8) is 0 Å². The lowest BCUT2D eigenvalue weighted by atomic mass is 9.91. The van der Waals surface area contributed by atoms with Crippen LogP contribution in [0.3, 0.4) is 0 Å². The zero-order chi connectivity index (χ0) is 15.1. The van der Waals surface area contributed by atoms with E-state index in [0.29, 0.717) is 18.0 Å². The lowest BCUT2D eigenvalue weighted by Gasteiger charge is -2.19. The van der Waals surface area contributed by atoms with Gasteiger partial charge in [-0.25, -0.2) is 4.99 Å². The van der Waals surface area contributed by atoms with Crippen LogP contribution in [-0.4, -0.2) is 56.4 Å². The summed E-state index contributed by atoms with van der Waals surface area (Å²) < 4.78 is 5.26. The second-order valence-corrected chi connectivity index (χ2v) is 5.64. The summed E-state index contributed by atoms with van der Waals surface area (Å²) in [4.78, 5) is 6.15. The van der Waals surface area contributed by atoms with Gasteiger partial charge in [-0.3, -0.25) is 4.90 Å². The Morgan fingerprint density at radius 1 is 1.47 bits per heavy atom. The highest BCUT2D eigenvalue weighted by Gasteiger charge is 2.04. The first-order valence-electron chi connectivity index (χ1n) is 6.31. The van der Waals surface area contributed by atoms with E-state index in [2.05, 4.69) is 16.5 Å². The third-order valence-corrected chi connectivity index (χ3v) is 2.09. The second kappa shape index (κ2) is 8.18. The molecule has 5 heteroatoms. The highest BCUT2D eigenvalue weighted by atomic mass is 16.5. The molecule has 1 rings (SSSR count). The van der Waals surface area contributed by atoms with Gasteiger partial charge in [0.15, 0.2) is 0 Å². The molecule has 0 fully saturated rings. The Balaban J connectivity index is 0.000000555. The maximum absolute atomic E-state index is 8.52. The van der Waals surface area contributed by atoms with Gasteiger partial charge in [0.2, 0.25) is 5.88 Å². The number of aliphatic hydroxyl groups is 1. The van der Waals surface area contributed by atoms with Crippen LogP contribution < -0.4 is 0 Å². The number of aliphatic imine (C=N–C) groups is 1. The molecule has 0 aromatic carbocycles. The normalized spacial score (nSPS) is 24.0. The summed E-state index contributed by atoms with van der Waals surface area (Å²) in [6.07, 6.45) is 1.59. The van der Waals surface area contributed by atoms with Crippen molar-refractivity contribution in [3.8, 4) is 0 Å². The first-order valence-corrected chi connectivity index (χ1v) is 6.31. The van der Waals surface area contributed by atoms with E-state index >= 15 is 0 Å². The average Bonchev–Trinajstić information content (AvgIpc) is 2.22. The Morgan fingerprint density at radius 2 is 2.00 bits per heavy atom. The lowest BCUT2D eigenvalue weighted by molar-refractivity contribution is 0.102. The van der Waals surface area contributed by atoms with Crippen molar-refractivity contribution in [2.75, 3.05) is 26.7 Å². The summed E-state index contributed by atoms with van der Waals surface area (Å²) in [6.45, 7) is 13.2. The lowest BCUT2D eigenvalue weighted by Crippen LogP contribution is -2.26. The van der Waals surface area contributed by atoms with Gasteiger partial charge in [0.25, 0.3) is 0 Å². The molecule has 0 aliphatic carbocycles. The largest absolute Gasteiger partial charge is 0.477 e. The molecule has 0 amide bonds. The molecule has 0 saturated carbocycles. The van der Waals surface area contributed by atoms with Gasteiger partial charge in [-0.05, 0) is 41.3 Å². The van der Waals surface area contributed by atoms with Crippen LogP contribution in [0, 0.1) is 0 Å². The highest BCUT2D eigenvalue weighted by molar-refractivity contribution is 6.33. The van der Waals surface area contributed by atoms with Gasteiger partial charge < -0.3 is 9.84 Å². The Morgan fingerprint density at radius 3 is 2.53 bits per heavy atom. The summed E-state index contributed by atoms with van der Waals surface area (Å²) in [6, 6.07) is 0. The molecule has 0 aromatic heterocycles. The maximum atomic E-state index is 8.52. The van der Waals surface area contributed by atoms with Crippen LogP contribution in [0.25, 0.3) is 0 Å². The van der Waals surface area contributed by atoms with Crippen LogP contribution in [0.1, 0.15) is 27.7 Å². The van der Waals surface area contributed by atoms with E-state index in [-0.39, 0.29) is 0 Å². The molecule has 4 nitrogen and oxygen atoms in total. The van der Waals surface area contributed by atoms with Crippen molar-refractivity contribution in [2.45, 2.75) is 33.3 Å². The maximum Gasteiger partial charge on any atom is 0.205 e. The molecular weight excluding hydrogens is 239 g/mol. The molecule has 19 heavy (non-hydrogen) atoms. The number of hydrogen-bond donors (Lipinski definition) is 1. The third-order valence-electron chi connectivity index (χ3n) is 2.09. The van der Waals surface area contributed by atoms with Crippen molar-refractivity contribution in [2.24, 2.45) is 4.99 Å². The van der Waals surface area contributed by atoms with Crippen LogP contribution in [0.15, 0.2) is 28.5 Å². The van der Waals surface area contributed by atoms with Crippen molar-refractivity contribution in [3.05, 3.63) is 23.5 Å². The Kier molecular flexibility index (Phi) is 7.72.